The van der Waals surface area contributed by atoms with E-state index in [4.69, 9.17) is 17.7 Å². The van der Waals surface area contributed by atoms with Crippen LogP contribution in [-0.4, -0.2) is 43.5 Å². The average molecular weight is 487 g/mol. The van der Waals surface area contributed by atoms with Gasteiger partial charge >= 0.3 is 17.1 Å². The summed E-state index contributed by atoms with van der Waals surface area (Å²) in [5.41, 5.74) is 4.63. The molecule has 0 saturated heterocycles. The van der Waals surface area contributed by atoms with Crippen LogP contribution in [0.3, 0.4) is 0 Å². The second-order valence-corrected chi connectivity index (χ2v) is 14.7. The van der Waals surface area contributed by atoms with Crippen molar-refractivity contribution in [3.63, 3.8) is 0 Å². The quantitative estimate of drug-likeness (QED) is 0.108. The van der Waals surface area contributed by atoms with Crippen LogP contribution in [0, 0.1) is 0 Å². The minimum absolute atomic E-state index is 0.782. The Morgan fingerprint density at radius 3 is 1.03 bits per heavy atom. The zero-order chi connectivity index (χ0) is 24.0. The van der Waals surface area contributed by atoms with Gasteiger partial charge in [-0.15, -0.1) is 0 Å². The first-order chi connectivity index (χ1) is 15.6. The summed E-state index contributed by atoms with van der Waals surface area (Å²) in [7, 11) is -4.64. The van der Waals surface area contributed by atoms with Crippen LogP contribution in [0.1, 0.15) is 106 Å². The Balaban J connectivity index is 5.28. The molecule has 6 heteroatoms. The molecule has 32 heavy (non-hydrogen) atoms. The van der Waals surface area contributed by atoms with Crippen molar-refractivity contribution in [3.8, 4) is 0 Å². The smallest absolute Gasteiger partial charge is 0.364 e. The SMILES string of the molecule is CCCC=C[Si](CCCC[Si](C=CCCC)(OCCC)OCCC)(OCCC)OCCC. The molecule has 4 nitrogen and oxygen atoms in total. The van der Waals surface area contributed by atoms with Gasteiger partial charge in [-0.05, 0) is 62.0 Å². The fourth-order valence-electron chi connectivity index (χ4n) is 3.43. The molecular weight excluding hydrogens is 432 g/mol. The van der Waals surface area contributed by atoms with E-state index in [1.165, 1.54) is 0 Å². The first-order valence-electron chi connectivity index (χ1n) is 13.5. The molecule has 0 spiro atoms. The molecule has 0 rings (SSSR count). The molecular formula is C26H54O4Si2. The third-order valence-electron chi connectivity index (χ3n) is 5.16. The van der Waals surface area contributed by atoms with Crippen LogP contribution in [-0.2, 0) is 17.7 Å². The molecule has 0 fully saturated rings. The predicted molar refractivity (Wildman–Crippen MR) is 143 cm³/mol. The largest absolute Gasteiger partial charge is 0.391 e. The summed E-state index contributed by atoms with van der Waals surface area (Å²) in [5.74, 6) is 0. The molecule has 0 aromatic rings. The molecule has 0 unspecified atom stereocenters. The monoisotopic (exact) mass is 486 g/mol. The second-order valence-electron chi connectivity index (χ2n) is 8.61. The summed E-state index contributed by atoms with van der Waals surface area (Å²) in [5, 5.41) is 0. The van der Waals surface area contributed by atoms with Crippen molar-refractivity contribution >= 4 is 17.1 Å². The maximum Gasteiger partial charge on any atom is 0.364 e. The minimum Gasteiger partial charge on any atom is -0.391 e. The van der Waals surface area contributed by atoms with E-state index >= 15 is 0 Å². The number of unbranched alkanes of at least 4 members (excludes halogenated alkanes) is 3. The molecule has 0 aliphatic heterocycles. The number of allylic oxidation sites excluding steroid dienone is 2. The maximum atomic E-state index is 6.43. The highest BCUT2D eigenvalue weighted by Crippen LogP contribution is 2.26. The Morgan fingerprint density at radius 1 is 0.469 bits per heavy atom. The maximum absolute atomic E-state index is 6.43. The Morgan fingerprint density at radius 2 is 0.781 bits per heavy atom. The van der Waals surface area contributed by atoms with Gasteiger partial charge in [-0.3, -0.25) is 0 Å². The van der Waals surface area contributed by atoms with Gasteiger partial charge in [0, 0.05) is 26.4 Å². The zero-order valence-corrected chi connectivity index (χ0v) is 24.3. The Bertz CT molecular complexity index is 411. The van der Waals surface area contributed by atoms with E-state index < -0.39 is 17.1 Å². The molecule has 0 aromatic carbocycles. The highest BCUT2D eigenvalue weighted by Gasteiger charge is 2.37. The number of hydrogen-bond donors (Lipinski definition) is 0. The van der Waals surface area contributed by atoms with Crippen LogP contribution < -0.4 is 0 Å². The van der Waals surface area contributed by atoms with Gasteiger partial charge in [-0.1, -0.05) is 79.4 Å². The summed E-state index contributed by atoms with van der Waals surface area (Å²) < 4.78 is 25.7. The van der Waals surface area contributed by atoms with Gasteiger partial charge in [0.25, 0.3) is 0 Å². The van der Waals surface area contributed by atoms with Crippen molar-refractivity contribution in [2.75, 3.05) is 26.4 Å². The lowest BCUT2D eigenvalue weighted by Crippen LogP contribution is -2.42. The van der Waals surface area contributed by atoms with E-state index in [-0.39, 0.29) is 0 Å². The summed E-state index contributed by atoms with van der Waals surface area (Å²) >= 11 is 0. The van der Waals surface area contributed by atoms with Crippen LogP contribution in [0.15, 0.2) is 23.6 Å². The fraction of sp³-hybridized carbons (Fsp3) is 0.846. The van der Waals surface area contributed by atoms with Gasteiger partial charge in [-0.2, -0.15) is 0 Å². The molecule has 0 radical (unpaired) electrons. The van der Waals surface area contributed by atoms with E-state index in [0.29, 0.717) is 0 Å². The van der Waals surface area contributed by atoms with E-state index in [2.05, 4.69) is 65.1 Å². The molecule has 0 bridgehead atoms. The van der Waals surface area contributed by atoms with Crippen LogP contribution in [0.25, 0.3) is 0 Å². The summed E-state index contributed by atoms with van der Waals surface area (Å²) in [6.07, 6.45) is 15.4. The molecule has 0 aliphatic carbocycles. The molecule has 190 valence electrons. The van der Waals surface area contributed by atoms with Gasteiger partial charge < -0.3 is 17.7 Å². The van der Waals surface area contributed by atoms with E-state index in [9.17, 15) is 0 Å². The molecule has 0 aliphatic rings. The highest BCUT2D eigenvalue weighted by molar-refractivity contribution is 6.73. The van der Waals surface area contributed by atoms with Crippen molar-refractivity contribution in [2.24, 2.45) is 0 Å². The third kappa shape index (κ3) is 14.8. The lowest BCUT2D eigenvalue weighted by molar-refractivity contribution is 0.173. The molecule has 0 saturated carbocycles. The second kappa shape index (κ2) is 21.3. The molecule has 0 amide bonds. The zero-order valence-electron chi connectivity index (χ0n) is 22.3. The number of rotatable bonds is 23. The van der Waals surface area contributed by atoms with Gasteiger partial charge in [0.2, 0.25) is 0 Å². The van der Waals surface area contributed by atoms with Crippen LogP contribution in [0.5, 0.6) is 0 Å². The van der Waals surface area contributed by atoms with Crippen molar-refractivity contribution in [2.45, 2.75) is 118 Å². The molecule has 0 atom stereocenters. The Hall–Kier alpha value is -0.246. The lowest BCUT2D eigenvalue weighted by Gasteiger charge is -2.30. The van der Waals surface area contributed by atoms with Crippen molar-refractivity contribution in [1.82, 2.24) is 0 Å². The van der Waals surface area contributed by atoms with E-state index in [1.807, 2.05) is 0 Å². The topological polar surface area (TPSA) is 36.9 Å². The predicted octanol–water partition coefficient (Wildman–Crippen LogP) is 8.15. The van der Waals surface area contributed by atoms with Crippen LogP contribution in [0.2, 0.25) is 12.1 Å². The number of hydrogen-bond acceptors (Lipinski definition) is 4. The third-order valence-corrected chi connectivity index (χ3v) is 11.5. The lowest BCUT2D eigenvalue weighted by atomic mass is 10.3. The summed E-state index contributed by atoms with van der Waals surface area (Å²) in [6, 6.07) is 2.02. The van der Waals surface area contributed by atoms with Gasteiger partial charge in [0.15, 0.2) is 0 Å². The van der Waals surface area contributed by atoms with Crippen molar-refractivity contribution in [1.29, 1.82) is 0 Å². The molecule has 0 heterocycles. The average Bonchev–Trinajstić information content (AvgIpc) is 2.81. The van der Waals surface area contributed by atoms with Crippen molar-refractivity contribution < 1.29 is 17.7 Å². The first-order valence-corrected chi connectivity index (χ1v) is 17.7. The highest BCUT2D eigenvalue weighted by atomic mass is 28.4. The minimum atomic E-state index is -2.32. The van der Waals surface area contributed by atoms with Crippen LogP contribution >= 0.6 is 0 Å². The molecule has 0 N–H and O–H groups in total. The van der Waals surface area contributed by atoms with Crippen LogP contribution in [0.4, 0.5) is 0 Å². The van der Waals surface area contributed by atoms with Gasteiger partial charge in [0.1, 0.15) is 0 Å². The molecule has 0 aromatic heterocycles. The summed E-state index contributed by atoms with van der Waals surface area (Å²) in [6.45, 7) is 16.3. The fourth-order valence-corrected chi connectivity index (χ4v) is 9.63. The normalized spacial score (nSPS) is 13.1. The standard InChI is InChI=1S/C26H54O4Si2/c1-7-13-15-23-31(27-19-9-3,28-20-10-4)25-17-18-26-32(29-21-11-5,30-22-12-6)24-16-14-8-2/h15-16,23-24H,7-14,17-22,25-26H2,1-6H3. The Labute approximate surface area is 202 Å². The summed E-state index contributed by atoms with van der Waals surface area (Å²) in [4.78, 5) is 0. The van der Waals surface area contributed by atoms with Crippen molar-refractivity contribution in [3.05, 3.63) is 23.6 Å². The van der Waals surface area contributed by atoms with Gasteiger partial charge in [0.05, 0.1) is 0 Å². The first kappa shape index (κ1) is 31.8. The van der Waals surface area contributed by atoms with Gasteiger partial charge in [-0.25, -0.2) is 0 Å². The van der Waals surface area contributed by atoms with E-state index in [0.717, 1.165) is 103 Å². The van der Waals surface area contributed by atoms with E-state index in [1.54, 1.807) is 0 Å². The Kier molecular flexibility index (Phi) is 21.1.